The first-order chi connectivity index (χ1) is 6.19. The van der Waals surface area contributed by atoms with Gasteiger partial charge < -0.3 is 5.73 Å². The number of hydrogen-bond donors (Lipinski definition) is 1. The van der Waals surface area contributed by atoms with Gasteiger partial charge in [0.05, 0.1) is 4.92 Å². The summed E-state index contributed by atoms with van der Waals surface area (Å²) in [6, 6.07) is 4.21. The standard InChI is InChI=1S/C8H8N2O3/c9-4-7-2-1-6(5-11)3-8(7)10(12)13/h1-3,5H,4,9H2. The second-order valence-electron chi connectivity index (χ2n) is 2.47. The minimum Gasteiger partial charge on any atom is -0.326 e. The first-order valence-electron chi connectivity index (χ1n) is 3.61. The largest absolute Gasteiger partial charge is 0.326 e. The number of benzene rings is 1. The number of aldehydes is 1. The van der Waals surface area contributed by atoms with Gasteiger partial charge in [-0.3, -0.25) is 14.9 Å². The van der Waals surface area contributed by atoms with Gasteiger partial charge in [0.25, 0.3) is 5.69 Å². The molecule has 0 amide bonds. The quantitative estimate of drug-likeness (QED) is 0.424. The van der Waals surface area contributed by atoms with E-state index in [-0.39, 0.29) is 17.8 Å². The molecule has 0 radical (unpaired) electrons. The van der Waals surface area contributed by atoms with Crippen LogP contribution in [-0.2, 0) is 6.54 Å². The van der Waals surface area contributed by atoms with Crippen molar-refractivity contribution < 1.29 is 9.72 Å². The summed E-state index contributed by atoms with van der Waals surface area (Å²) in [5, 5.41) is 10.5. The highest BCUT2D eigenvalue weighted by molar-refractivity contribution is 5.76. The molecule has 0 atom stereocenters. The first-order valence-corrected chi connectivity index (χ1v) is 3.61. The number of carbonyl (C=O) groups excluding carboxylic acids is 1. The van der Waals surface area contributed by atoms with Gasteiger partial charge in [-0.15, -0.1) is 0 Å². The number of hydrogen-bond acceptors (Lipinski definition) is 4. The molecule has 0 aliphatic rings. The molecular weight excluding hydrogens is 172 g/mol. The monoisotopic (exact) mass is 180 g/mol. The normalized spacial score (nSPS) is 9.62. The Morgan fingerprint density at radius 1 is 1.54 bits per heavy atom. The molecule has 1 rings (SSSR count). The Balaban J connectivity index is 3.25. The maximum absolute atomic E-state index is 10.5. The van der Waals surface area contributed by atoms with E-state index in [4.69, 9.17) is 5.73 Å². The molecule has 5 heteroatoms. The molecule has 5 nitrogen and oxygen atoms in total. The topological polar surface area (TPSA) is 86.2 Å². The molecule has 2 N–H and O–H groups in total. The van der Waals surface area contributed by atoms with Gasteiger partial charge in [0, 0.05) is 23.7 Å². The average molecular weight is 180 g/mol. The fraction of sp³-hybridized carbons (Fsp3) is 0.125. The van der Waals surface area contributed by atoms with Crippen LogP contribution in [0, 0.1) is 10.1 Å². The van der Waals surface area contributed by atoms with E-state index < -0.39 is 4.92 Å². The van der Waals surface area contributed by atoms with Gasteiger partial charge in [0.2, 0.25) is 0 Å². The summed E-state index contributed by atoms with van der Waals surface area (Å²) in [6.07, 6.45) is 0.563. The smallest absolute Gasteiger partial charge is 0.274 e. The summed E-state index contributed by atoms with van der Waals surface area (Å²) in [5.74, 6) is 0. The predicted octanol–water partition coefficient (Wildman–Crippen LogP) is 0.866. The van der Waals surface area contributed by atoms with Crippen LogP contribution >= 0.6 is 0 Å². The number of nitro benzene ring substituents is 1. The van der Waals surface area contributed by atoms with Gasteiger partial charge >= 0.3 is 0 Å². The van der Waals surface area contributed by atoms with E-state index >= 15 is 0 Å². The molecule has 0 saturated carbocycles. The summed E-state index contributed by atoms with van der Waals surface area (Å²) in [5.41, 5.74) is 5.89. The van der Waals surface area contributed by atoms with Crippen molar-refractivity contribution in [2.75, 3.05) is 0 Å². The van der Waals surface area contributed by atoms with Crippen LogP contribution in [0.25, 0.3) is 0 Å². The highest BCUT2D eigenvalue weighted by Crippen LogP contribution is 2.18. The van der Waals surface area contributed by atoms with Crippen molar-refractivity contribution in [2.24, 2.45) is 5.73 Å². The zero-order valence-electron chi connectivity index (χ0n) is 6.77. The Kier molecular flexibility index (Phi) is 2.71. The molecule has 0 spiro atoms. The molecule has 0 saturated heterocycles. The molecule has 68 valence electrons. The fourth-order valence-corrected chi connectivity index (χ4v) is 0.997. The van der Waals surface area contributed by atoms with Gasteiger partial charge in [-0.2, -0.15) is 0 Å². The third-order valence-electron chi connectivity index (χ3n) is 1.66. The Hall–Kier alpha value is -1.75. The molecule has 0 aliphatic heterocycles. The number of carbonyl (C=O) groups is 1. The predicted molar refractivity (Wildman–Crippen MR) is 46.4 cm³/mol. The van der Waals surface area contributed by atoms with Crippen LogP contribution in [0.5, 0.6) is 0 Å². The maximum atomic E-state index is 10.5. The summed E-state index contributed by atoms with van der Waals surface area (Å²) in [6.45, 7) is 0.0927. The lowest BCUT2D eigenvalue weighted by Gasteiger charge is -1.99. The highest BCUT2D eigenvalue weighted by Gasteiger charge is 2.12. The minimum absolute atomic E-state index is 0.0927. The second-order valence-corrected chi connectivity index (χ2v) is 2.47. The van der Waals surface area contributed by atoms with Crippen molar-refractivity contribution in [2.45, 2.75) is 6.54 Å². The Morgan fingerprint density at radius 3 is 2.69 bits per heavy atom. The van der Waals surface area contributed by atoms with Crippen molar-refractivity contribution in [3.05, 3.63) is 39.4 Å². The molecule has 0 fully saturated rings. The van der Waals surface area contributed by atoms with Gasteiger partial charge in [0.1, 0.15) is 6.29 Å². The van der Waals surface area contributed by atoms with Crippen LogP contribution < -0.4 is 5.73 Å². The van der Waals surface area contributed by atoms with E-state index in [9.17, 15) is 14.9 Å². The van der Waals surface area contributed by atoms with Crippen LogP contribution in [0.15, 0.2) is 18.2 Å². The van der Waals surface area contributed by atoms with Crippen LogP contribution in [0.3, 0.4) is 0 Å². The summed E-state index contributed by atoms with van der Waals surface area (Å²) in [4.78, 5) is 20.3. The van der Waals surface area contributed by atoms with Crippen molar-refractivity contribution in [1.82, 2.24) is 0 Å². The van der Waals surface area contributed by atoms with Gasteiger partial charge in [0.15, 0.2) is 0 Å². The lowest BCUT2D eigenvalue weighted by atomic mass is 10.1. The van der Waals surface area contributed by atoms with Crippen LogP contribution in [-0.4, -0.2) is 11.2 Å². The lowest BCUT2D eigenvalue weighted by molar-refractivity contribution is -0.385. The Labute approximate surface area is 74.3 Å². The average Bonchev–Trinajstić information content (AvgIpc) is 2.16. The van der Waals surface area contributed by atoms with Crippen molar-refractivity contribution in [1.29, 1.82) is 0 Å². The minimum atomic E-state index is -0.546. The number of nitrogens with zero attached hydrogens (tertiary/aromatic N) is 1. The number of nitrogens with two attached hydrogens (primary N) is 1. The number of nitro groups is 1. The van der Waals surface area contributed by atoms with E-state index in [1.54, 1.807) is 0 Å². The molecular formula is C8H8N2O3. The molecule has 13 heavy (non-hydrogen) atoms. The molecule has 0 aliphatic carbocycles. The third kappa shape index (κ3) is 1.88. The van der Waals surface area contributed by atoms with Gasteiger partial charge in [-0.1, -0.05) is 12.1 Å². The molecule has 0 bridgehead atoms. The fourth-order valence-electron chi connectivity index (χ4n) is 0.997. The second kappa shape index (κ2) is 3.77. The van der Waals surface area contributed by atoms with Crippen LogP contribution in [0.1, 0.15) is 15.9 Å². The van der Waals surface area contributed by atoms with E-state index in [0.29, 0.717) is 11.8 Å². The molecule has 1 aromatic carbocycles. The molecule has 0 aromatic heterocycles. The van der Waals surface area contributed by atoms with E-state index in [1.807, 2.05) is 0 Å². The summed E-state index contributed by atoms with van der Waals surface area (Å²) >= 11 is 0. The van der Waals surface area contributed by atoms with Gasteiger partial charge in [-0.05, 0) is 0 Å². The Morgan fingerprint density at radius 2 is 2.23 bits per heavy atom. The van der Waals surface area contributed by atoms with E-state index in [2.05, 4.69) is 0 Å². The number of rotatable bonds is 3. The van der Waals surface area contributed by atoms with Crippen LogP contribution in [0.4, 0.5) is 5.69 Å². The third-order valence-corrected chi connectivity index (χ3v) is 1.66. The molecule has 1 aromatic rings. The zero-order chi connectivity index (χ0) is 9.84. The van der Waals surface area contributed by atoms with E-state index in [0.717, 1.165) is 0 Å². The van der Waals surface area contributed by atoms with E-state index in [1.165, 1.54) is 18.2 Å². The summed E-state index contributed by atoms with van der Waals surface area (Å²) < 4.78 is 0. The Bertz CT molecular complexity index is 349. The first kappa shape index (κ1) is 9.34. The zero-order valence-corrected chi connectivity index (χ0v) is 6.77. The van der Waals surface area contributed by atoms with Crippen LogP contribution in [0.2, 0.25) is 0 Å². The maximum Gasteiger partial charge on any atom is 0.274 e. The molecule has 0 unspecified atom stereocenters. The molecule has 0 heterocycles. The lowest BCUT2D eigenvalue weighted by Crippen LogP contribution is -2.02. The highest BCUT2D eigenvalue weighted by atomic mass is 16.6. The van der Waals surface area contributed by atoms with Crippen molar-refractivity contribution in [3.8, 4) is 0 Å². The summed E-state index contributed by atoms with van der Waals surface area (Å²) in [7, 11) is 0. The van der Waals surface area contributed by atoms with Crippen molar-refractivity contribution >= 4 is 12.0 Å². The van der Waals surface area contributed by atoms with Crippen molar-refractivity contribution in [3.63, 3.8) is 0 Å². The van der Waals surface area contributed by atoms with Gasteiger partial charge in [-0.25, -0.2) is 0 Å². The SMILES string of the molecule is NCc1ccc(C=O)cc1[N+](=O)[O-].